The van der Waals surface area contributed by atoms with Gasteiger partial charge in [-0.25, -0.2) is 13.1 Å². The monoisotopic (exact) mass is 424 g/mol. The minimum Gasteiger partial charge on any atom is -0.340 e. The van der Waals surface area contributed by atoms with Gasteiger partial charge >= 0.3 is 0 Å². The van der Waals surface area contributed by atoms with Crippen molar-refractivity contribution >= 4 is 33.3 Å². The number of halogens is 1. The van der Waals surface area contributed by atoms with Gasteiger partial charge in [0.2, 0.25) is 5.91 Å². The summed E-state index contributed by atoms with van der Waals surface area (Å²) in [6, 6.07) is 6.32. The fourth-order valence-electron chi connectivity index (χ4n) is 3.04. The van der Waals surface area contributed by atoms with E-state index in [-0.39, 0.29) is 30.5 Å². The Morgan fingerprint density at radius 3 is 2.57 bits per heavy atom. The van der Waals surface area contributed by atoms with Crippen molar-refractivity contribution in [1.82, 2.24) is 20.0 Å². The van der Waals surface area contributed by atoms with E-state index < -0.39 is 21.8 Å². The summed E-state index contributed by atoms with van der Waals surface area (Å²) >= 11 is 6.01. The summed E-state index contributed by atoms with van der Waals surface area (Å²) in [5, 5.41) is 7.47. The number of rotatable bonds is 4. The Hall–Kier alpha value is -2.39. The highest BCUT2D eigenvalue weighted by Gasteiger charge is 2.29. The molecular formula is C18H21ClN4O4S. The second kappa shape index (κ2) is 7.92. The molecule has 2 aromatic rings. The average molecular weight is 425 g/mol. The Labute approximate surface area is 168 Å². The maximum absolute atomic E-state index is 12.6. The molecule has 1 unspecified atom stereocenters. The molecule has 0 spiro atoms. The first kappa shape index (κ1) is 20.3. The first-order valence-corrected chi connectivity index (χ1v) is 11.0. The molecule has 1 aliphatic rings. The second-order valence-corrected chi connectivity index (χ2v) is 9.45. The molecular weight excluding hydrogens is 404 g/mol. The molecule has 1 N–H and O–H groups in total. The lowest BCUT2D eigenvalue weighted by Crippen LogP contribution is -2.51. The van der Waals surface area contributed by atoms with E-state index in [1.54, 1.807) is 36.7 Å². The molecule has 8 nitrogen and oxygen atoms in total. The van der Waals surface area contributed by atoms with Crippen LogP contribution in [-0.4, -0.2) is 65.5 Å². The van der Waals surface area contributed by atoms with Gasteiger partial charge in [-0.2, -0.15) is 5.10 Å². The van der Waals surface area contributed by atoms with Gasteiger partial charge < -0.3 is 10.2 Å². The molecule has 1 aliphatic heterocycles. The third-order valence-corrected chi connectivity index (χ3v) is 6.53. The molecule has 0 saturated carbocycles. The number of hydrogen-bond donors (Lipinski definition) is 1. The molecule has 0 radical (unpaired) electrons. The lowest BCUT2D eigenvalue weighted by Gasteiger charge is -2.29. The molecule has 2 heterocycles. The number of nitrogens with zero attached hydrogens (tertiary/aromatic N) is 3. The van der Waals surface area contributed by atoms with E-state index in [1.165, 1.54) is 11.1 Å². The van der Waals surface area contributed by atoms with Gasteiger partial charge in [0.15, 0.2) is 9.84 Å². The summed E-state index contributed by atoms with van der Waals surface area (Å²) < 4.78 is 24.6. The van der Waals surface area contributed by atoms with Crippen LogP contribution in [0.3, 0.4) is 0 Å². The van der Waals surface area contributed by atoms with Gasteiger partial charge in [-0.1, -0.05) is 17.7 Å². The van der Waals surface area contributed by atoms with Gasteiger partial charge in [0.1, 0.15) is 6.04 Å². The Kier molecular flexibility index (Phi) is 5.76. The Morgan fingerprint density at radius 2 is 1.93 bits per heavy atom. The van der Waals surface area contributed by atoms with E-state index in [1.807, 2.05) is 6.07 Å². The zero-order valence-electron chi connectivity index (χ0n) is 15.6. The molecule has 28 heavy (non-hydrogen) atoms. The molecule has 0 bridgehead atoms. The molecule has 1 aromatic carbocycles. The van der Waals surface area contributed by atoms with Crippen molar-refractivity contribution in [3.63, 3.8) is 0 Å². The zero-order valence-corrected chi connectivity index (χ0v) is 17.1. The van der Waals surface area contributed by atoms with E-state index in [9.17, 15) is 18.0 Å². The standard InChI is InChI=1S/C18H21ClN4O4S/c1-12(18(25)22-6-8-28(26,27)9-7-22)21-17(24)16-11-20-23(13(16)2)15-5-3-4-14(19)10-15/h3-5,10-12H,6-9H2,1-2H3,(H,21,24). The number of carbonyl (C=O) groups is 2. The number of amides is 2. The Morgan fingerprint density at radius 1 is 1.25 bits per heavy atom. The SMILES string of the molecule is Cc1c(C(=O)NC(C)C(=O)N2CCS(=O)(=O)CC2)cnn1-c1cccc(Cl)c1. The number of benzene rings is 1. The molecule has 1 fully saturated rings. The van der Waals surface area contributed by atoms with Crippen molar-refractivity contribution in [1.29, 1.82) is 0 Å². The van der Waals surface area contributed by atoms with E-state index in [2.05, 4.69) is 10.4 Å². The predicted octanol–water partition coefficient (Wildman–Crippen LogP) is 1.21. The van der Waals surface area contributed by atoms with E-state index >= 15 is 0 Å². The van der Waals surface area contributed by atoms with Crippen LogP contribution in [0.1, 0.15) is 23.0 Å². The largest absolute Gasteiger partial charge is 0.340 e. The van der Waals surface area contributed by atoms with Crippen LogP contribution in [0.25, 0.3) is 5.69 Å². The normalized spacial score (nSPS) is 17.2. The number of nitrogens with one attached hydrogen (secondary N) is 1. The summed E-state index contributed by atoms with van der Waals surface area (Å²) in [4.78, 5) is 26.6. The van der Waals surface area contributed by atoms with Gasteiger partial charge in [-0.3, -0.25) is 9.59 Å². The smallest absolute Gasteiger partial charge is 0.255 e. The highest BCUT2D eigenvalue weighted by Crippen LogP contribution is 2.18. The fourth-order valence-corrected chi connectivity index (χ4v) is 4.43. The lowest BCUT2D eigenvalue weighted by molar-refractivity contribution is -0.132. The van der Waals surface area contributed by atoms with Gasteiger partial charge in [0, 0.05) is 18.1 Å². The van der Waals surface area contributed by atoms with Crippen LogP contribution in [0.2, 0.25) is 5.02 Å². The lowest BCUT2D eigenvalue weighted by atomic mass is 10.2. The first-order chi connectivity index (χ1) is 13.2. The molecule has 0 aliphatic carbocycles. The van der Waals surface area contributed by atoms with Gasteiger partial charge in [0.25, 0.3) is 5.91 Å². The predicted molar refractivity (Wildman–Crippen MR) is 105 cm³/mol. The van der Waals surface area contributed by atoms with Crippen LogP contribution in [0.5, 0.6) is 0 Å². The van der Waals surface area contributed by atoms with E-state index in [0.717, 1.165) is 5.69 Å². The van der Waals surface area contributed by atoms with Crippen molar-refractivity contribution in [3.8, 4) is 5.69 Å². The number of carbonyl (C=O) groups excluding carboxylic acids is 2. The Balaban J connectivity index is 1.69. The Bertz CT molecular complexity index is 1000. The average Bonchev–Trinajstić information content (AvgIpc) is 3.02. The van der Waals surface area contributed by atoms with Crippen molar-refractivity contribution < 1.29 is 18.0 Å². The van der Waals surface area contributed by atoms with Crippen LogP contribution < -0.4 is 5.32 Å². The number of sulfone groups is 1. The molecule has 150 valence electrons. The van der Waals surface area contributed by atoms with Crippen LogP contribution in [0.4, 0.5) is 0 Å². The molecule has 1 aromatic heterocycles. The number of aromatic nitrogens is 2. The molecule has 1 atom stereocenters. The summed E-state index contributed by atoms with van der Waals surface area (Å²) in [6.07, 6.45) is 1.44. The molecule has 3 rings (SSSR count). The van der Waals surface area contributed by atoms with Gasteiger partial charge in [-0.05, 0) is 32.0 Å². The summed E-state index contributed by atoms with van der Waals surface area (Å²) in [5.74, 6) is -0.824. The minimum atomic E-state index is -3.07. The van der Waals surface area contributed by atoms with E-state index in [0.29, 0.717) is 16.3 Å². The maximum atomic E-state index is 12.6. The minimum absolute atomic E-state index is 0.0507. The van der Waals surface area contributed by atoms with Crippen molar-refractivity contribution in [2.24, 2.45) is 0 Å². The van der Waals surface area contributed by atoms with Crippen LogP contribution >= 0.6 is 11.6 Å². The highest BCUT2D eigenvalue weighted by atomic mass is 35.5. The van der Waals surface area contributed by atoms with Gasteiger partial charge in [0.05, 0.1) is 34.6 Å². The summed E-state index contributed by atoms with van der Waals surface area (Å²) in [5.41, 5.74) is 1.69. The van der Waals surface area contributed by atoms with Crippen molar-refractivity contribution in [3.05, 3.63) is 46.7 Å². The fraction of sp³-hybridized carbons (Fsp3) is 0.389. The summed E-state index contributed by atoms with van der Waals surface area (Å²) in [7, 11) is -3.07. The third-order valence-electron chi connectivity index (χ3n) is 4.68. The quantitative estimate of drug-likeness (QED) is 0.794. The molecule has 10 heteroatoms. The van der Waals surface area contributed by atoms with Crippen LogP contribution in [0, 0.1) is 6.92 Å². The van der Waals surface area contributed by atoms with Crippen molar-refractivity contribution in [2.75, 3.05) is 24.6 Å². The molecule has 1 saturated heterocycles. The number of hydrogen-bond acceptors (Lipinski definition) is 5. The second-order valence-electron chi connectivity index (χ2n) is 6.71. The third kappa shape index (κ3) is 4.36. The highest BCUT2D eigenvalue weighted by molar-refractivity contribution is 7.91. The molecule has 2 amide bonds. The maximum Gasteiger partial charge on any atom is 0.255 e. The van der Waals surface area contributed by atoms with Crippen LogP contribution in [-0.2, 0) is 14.6 Å². The van der Waals surface area contributed by atoms with Crippen LogP contribution in [0.15, 0.2) is 30.5 Å². The topological polar surface area (TPSA) is 101 Å². The van der Waals surface area contributed by atoms with Gasteiger partial charge in [-0.15, -0.1) is 0 Å². The first-order valence-electron chi connectivity index (χ1n) is 8.78. The zero-order chi connectivity index (χ0) is 20.5. The van der Waals surface area contributed by atoms with Crippen molar-refractivity contribution in [2.45, 2.75) is 19.9 Å². The van der Waals surface area contributed by atoms with E-state index in [4.69, 9.17) is 11.6 Å². The summed E-state index contributed by atoms with van der Waals surface area (Å²) in [6.45, 7) is 3.63.